The van der Waals surface area contributed by atoms with Crippen LogP contribution >= 0.6 is 15.9 Å². The highest BCUT2D eigenvalue weighted by Gasteiger charge is 2.10. The number of fused-ring (bicyclic) bond motifs is 1. The molecule has 0 amide bonds. The third kappa shape index (κ3) is 2.13. The maximum Gasteiger partial charge on any atom is 0.331 e. The smallest absolute Gasteiger partial charge is 0.318 e. The van der Waals surface area contributed by atoms with E-state index in [1.165, 1.54) is 9.13 Å². The standard InChI is InChI=1S/C12H14BrN3O2/c1-14-5-6-16-11(17)9-4-3-8(13)7-10(9)15(2)12(16)18/h3-4,7,14H,5-6H2,1-2H3. The van der Waals surface area contributed by atoms with Gasteiger partial charge in [-0.1, -0.05) is 15.9 Å². The number of aryl methyl sites for hydroxylation is 1. The first-order valence-corrected chi connectivity index (χ1v) is 6.39. The van der Waals surface area contributed by atoms with Crippen LogP contribution in [0.1, 0.15) is 0 Å². The zero-order chi connectivity index (χ0) is 13.3. The van der Waals surface area contributed by atoms with E-state index in [0.717, 1.165) is 4.47 Å². The van der Waals surface area contributed by atoms with Crippen LogP contribution in [-0.4, -0.2) is 22.7 Å². The van der Waals surface area contributed by atoms with E-state index in [1.54, 1.807) is 32.3 Å². The molecule has 1 aromatic carbocycles. The summed E-state index contributed by atoms with van der Waals surface area (Å²) in [5.41, 5.74) is 0.108. The van der Waals surface area contributed by atoms with Crippen molar-refractivity contribution in [3.63, 3.8) is 0 Å². The molecule has 5 nitrogen and oxygen atoms in total. The Morgan fingerprint density at radius 1 is 1.33 bits per heavy atom. The van der Waals surface area contributed by atoms with Gasteiger partial charge < -0.3 is 5.32 Å². The number of rotatable bonds is 3. The Kier molecular flexibility index (Phi) is 3.68. The Bertz CT molecular complexity index is 703. The first kappa shape index (κ1) is 13.0. The molecule has 2 aromatic rings. The van der Waals surface area contributed by atoms with Crippen molar-refractivity contribution in [2.75, 3.05) is 13.6 Å². The van der Waals surface area contributed by atoms with Crippen molar-refractivity contribution in [1.82, 2.24) is 14.5 Å². The van der Waals surface area contributed by atoms with E-state index in [-0.39, 0.29) is 11.2 Å². The second kappa shape index (κ2) is 5.07. The molecule has 0 aliphatic heterocycles. The summed E-state index contributed by atoms with van der Waals surface area (Å²) in [5, 5.41) is 3.48. The fourth-order valence-electron chi connectivity index (χ4n) is 1.90. The zero-order valence-corrected chi connectivity index (χ0v) is 11.8. The van der Waals surface area contributed by atoms with Crippen molar-refractivity contribution in [2.45, 2.75) is 6.54 Å². The number of halogens is 1. The topological polar surface area (TPSA) is 56.0 Å². The maximum absolute atomic E-state index is 12.2. The van der Waals surface area contributed by atoms with Gasteiger partial charge in [0.25, 0.3) is 5.56 Å². The van der Waals surface area contributed by atoms with Crippen molar-refractivity contribution >= 4 is 26.8 Å². The molecule has 6 heteroatoms. The van der Waals surface area contributed by atoms with E-state index in [0.29, 0.717) is 24.0 Å². The molecule has 96 valence electrons. The summed E-state index contributed by atoms with van der Waals surface area (Å²) in [6.45, 7) is 0.950. The SMILES string of the molecule is CNCCn1c(=O)c2ccc(Br)cc2n(C)c1=O. The lowest BCUT2D eigenvalue weighted by atomic mass is 10.2. The molecule has 1 heterocycles. The normalized spacial score (nSPS) is 11.1. The first-order chi connectivity index (χ1) is 8.56. The Hall–Kier alpha value is -1.40. The third-order valence-corrected chi connectivity index (χ3v) is 3.39. The van der Waals surface area contributed by atoms with Gasteiger partial charge in [0.2, 0.25) is 0 Å². The molecule has 2 rings (SSSR count). The second-order valence-electron chi connectivity index (χ2n) is 4.06. The van der Waals surface area contributed by atoms with Crippen LogP contribution < -0.4 is 16.6 Å². The fourth-order valence-corrected chi connectivity index (χ4v) is 2.25. The first-order valence-electron chi connectivity index (χ1n) is 5.60. The average molecular weight is 312 g/mol. The van der Waals surface area contributed by atoms with Crippen LogP contribution in [0.25, 0.3) is 10.9 Å². The van der Waals surface area contributed by atoms with E-state index in [2.05, 4.69) is 21.2 Å². The summed E-state index contributed by atoms with van der Waals surface area (Å²) in [7, 11) is 3.46. The van der Waals surface area contributed by atoms with E-state index in [4.69, 9.17) is 0 Å². The molecule has 0 saturated carbocycles. The van der Waals surface area contributed by atoms with Gasteiger partial charge in [-0.3, -0.25) is 13.9 Å². The van der Waals surface area contributed by atoms with Crippen molar-refractivity contribution in [3.05, 3.63) is 43.5 Å². The number of aromatic nitrogens is 2. The molecule has 0 atom stereocenters. The third-order valence-electron chi connectivity index (χ3n) is 2.90. The molecule has 0 aliphatic rings. The summed E-state index contributed by atoms with van der Waals surface area (Å²) in [5.74, 6) is 0. The summed E-state index contributed by atoms with van der Waals surface area (Å²) >= 11 is 3.34. The van der Waals surface area contributed by atoms with Crippen molar-refractivity contribution in [3.8, 4) is 0 Å². The van der Waals surface area contributed by atoms with Crippen LogP contribution in [0.3, 0.4) is 0 Å². The highest BCUT2D eigenvalue weighted by atomic mass is 79.9. The fraction of sp³-hybridized carbons (Fsp3) is 0.333. The molecular formula is C12H14BrN3O2. The van der Waals surface area contributed by atoms with Gasteiger partial charge in [-0.25, -0.2) is 4.79 Å². The van der Waals surface area contributed by atoms with Gasteiger partial charge in [-0.05, 0) is 25.2 Å². The average Bonchev–Trinajstić information content (AvgIpc) is 2.36. The predicted octanol–water partition coefficient (Wildman–Crippen LogP) is 0.682. The molecule has 0 saturated heterocycles. The predicted molar refractivity (Wildman–Crippen MR) is 75.1 cm³/mol. The molecule has 18 heavy (non-hydrogen) atoms. The van der Waals surface area contributed by atoms with E-state index >= 15 is 0 Å². The minimum Gasteiger partial charge on any atom is -0.318 e. The molecule has 0 radical (unpaired) electrons. The maximum atomic E-state index is 12.2. The van der Waals surface area contributed by atoms with Crippen LogP contribution in [0, 0.1) is 0 Å². The van der Waals surface area contributed by atoms with Gasteiger partial charge in [0.05, 0.1) is 10.9 Å². The molecule has 0 unspecified atom stereocenters. The van der Waals surface area contributed by atoms with Crippen LogP contribution in [-0.2, 0) is 13.6 Å². The highest BCUT2D eigenvalue weighted by molar-refractivity contribution is 9.10. The summed E-state index contributed by atoms with van der Waals surface area (Å²) in [6.07, 6.45) is 0. The molecule has 1 aromatic heterocycles. The van der Waals surface area contributed by atoms with Gasteiger partial charge in [0.1, 0.15) is 0 Å². The number of likely N-dealkylation sites (N-methyl/N-ethyl adjacent to an activating group) is 1. The van der Waals surface area contributed by atoms with Crippen molar-refractivity contribution < 1.29 is 0 Å². The number of nitrogens with zero attached hydrogens (tertiary/aromatic N) is 2. The van der Waals surface area contributed by atoms with E-state index in [9.17, 15) is 9.59 Å². The minimum absolute atomic E-state index is 0.240. The highest BCUT2D eigenvalue weighted by Crippen LogP contribution is 2.15. The van der Waals surface area contributed by atoms with Gasteiger partial charge in [0.15, 0.2) is 0 Å². The van der Waals surface area contributed by atoms with Crippen LogP contribution in [0.4, 0.5) is 0 Å². The summed E-state index contributed by atoms with van der Waals surface area (Å²) in [6, 6.07) is 5.31. The lowest BCUT2D eigenvalue weighted by Crippen LogP contribution is -2.40. The molecule has 1 N–H and O–H groups in total. The van der Waals surface area contributed by atoms with Gasteiger partial charge in [0, 0.05) is 24.6 Å². The molecule has 0 aliphatic carbocycles. The molecular weight excluding hydrogens is 298 g/mol. The summed E-state index contributed by atoms with van der Waals surface area (Å²) < 4.78 is 3.60. The van der Waals surface area contributed by atoms with Gasteiger partial charge in [-0.2, -0.15) is 0 Å². The van der Waals surface area contributed by atoms with Crippen LogP contribution in [0.15, 0.2) is 32.3 Å². The number of nitrogens with one attached hydrogen (secondary N) is 1. The van der Waals surface area contributed by atoms with Crippen LogP contribution in [0.5, 0.6) is 0 Å². The van der Waals surface area contributed by atoms with Crippen molar-refractivity contribution in [1.29, 1.82) is 0 Å². The van der Waals surface area contributed by atoms with Gasteiger partial charge >= 0.3 is 5.69 Å². The monoisotopic (exact) mass is 311 g/mol. The zero-order valence-electron chi connectivity index (χ0n) is 10.2. The molecule has 0 fully saturated rings. The Morgan fingerprint density at radius 3 is 2.72 bits per heavy atom. The second-order valence-corrected chi connectivity index (χ2v) is 4.98. The van der Waals surface area contributed by atoms with Crippen LogP contribution in [0.2, 0.25) is 0 Å². The number of hydrogen-bond acceptors (Lipinski definition) is 3. The lowest BCUT2D eigenvalue weighted by Gasteiger charge is -2.10. The number of hydrogen-bond donors (Lipinski definition) is 1. The Labute approximate surface area is 112 Å². The number of benzene rings is 1. The largest absolute Gasteiger partial charge is 0.331 e. The minimum atomic E-state index is -0.291. The van der Waals surface area contributed by atoms with E-state index < -0.39 is 0 Å². The Balaban J connectivity index is 2.80. The van der Waals surface area contributed by atoms with Crippen molar-refractivity contribution in [2.24, 2.45) is 7.05 Å². The van der Waals surface area contributed by atoms with Gasteiger partial charge in [-0.15, -0.1) is 0 Å². The van der Waals surface area contributed by atoms with E-state index in [1.807, 2.05) is 0 Å². The molecule has 0 bridgehead atoms. The summed E-state index contributed by atoms with van der Waals surface area (Å²) in [4.78, 5) is 24.3. The quantitative estimate of drug-likeness (QED) is 0.907. The lowest BCUT2D eigenvalue weighted by molar-refractivity contribution is 0.580. The Morgan fingerprint density at radius 2 is 2.06 bits per heavy atom. The molecule has 0 spiro atoms.